The van der Waals surface area contributed by atoms with E-state index in [-0.39, 0.29) is 23.0 Å². The molecule has 1 aromatic carbocycles. The first-order chi connectivity index (χ1) is 10.0. The number of fused-ring (bicyclic) bond motifs is 5. The Kier molecular flexibility index (Phi) is 2.81. The lowest BCUT2D eigenvalue weighted by molar-refractivity contribution is -0.0226. The van der Waals surface area contributed by atoms with Crippen LogP contribution in [-0.2, 0) is 6.42 Å². The Morgan fingerprint density at radius 3 is 2.62 bits per heavy atom. The van der Waals surface area contributed by atoms with E-state index in [0.717, 1.165) is 38.5 Å². The zero-order valence-electron chi connectivity index (χ0n) is 12.5. The number of aromatic hydroxyl groups is 2. The Labute approximate surface area is 125 Å². The van der Waals surface area contributed by atoms with Crippen LogP contribution < -0.4 is 0 Å². The molecule has 2 saturated carbocycles. The number of phenolic OH excluding ortho intramolecular Hbond substituents is 2. The first-order valence-corrected chi connectivity index (χ1v) is 8.23. The topological polar surface area (TPSA) is 60.7 Å². The zero-order valence-corrected chi connectivity index (χ0v) is 12.5. The fraction of sp³-hybridized carbons (Fsp3) is 0.667. The van der Waals surface area contributed by atoms with Gasteiger partial charge in [-0.3, -0.25) is 0 Å². The maximum Gasteiger partial charge on any atom is 0.157 e. The van der Waals surface area contributed by atoms with Crippen LogP contribution >= 0.6 is 0 Å². The molecule has 0 heterocycles. The van der Waals surface area contributed by atoms with Gasteiger partial charge in [0, 0.05) is 0 Å². The highest BCUT2D eigenvalue weighted by atomic mass is 16.3. The minimum absolute atomic E-state index is 0.00383. The van der Waals surface area contributed by atoms with Gasteiger partial charge in [0.2, 0.25) is 0 Å². The van der Waals surface area contributed by atoms with Crippen molar-refractivity contribution in [2.24, 2.45) is 17.3 Å². The lowest BCUT2D eigenvalue weighted by Crippen LogP contribution is -2.43. The summed E-state index contributed by atoms with van der Waals surface area (Å²) in [4.78, 5) is 0. The fourth-order valence-corrected chi connectivity index (χ4v) is 5.57. The number of hydrogen-bond acceptors (Lipinski definition) is 3. The molecule has 0 unspecified atom stereocenters. The van der Waals surface area contributed by atoms with E-state index < -0.39 is 0 Å². The van der Waals surface area contributed by atoms with E-state index in [4.69, 9.17) is 0 Å². The summed E-state index contributed by atoms with van der Waals surface area (Å²) in [6.07, 6.45) is 6.23. The summed E-state index contributed by atoms with van der Waals surface area (Å²) in [7, 11) is 0. The van der Waals surface area contributed by atoms with E-state index in [1.165, 1.54) is 11.1 Å². The summed E-state index contributed by atoms with van der Waals surface area (Å²) in [6, 6.07) is 3.54. The standard InChI is InChI=1S/C18H24O3/c1-18-7-6-11-12(14(18)4-5-17(18)21)3-2-10-8-15(19)16(20)9-13(10)11/h8-9,11-12,14,17,19-21H,2-7H2,1H3/t11-,12+,14-,17+,18-/m0/s1. The van der Waals surface area contributed by atoms with Crippen molar-refractivity contribution < 1.29 is 15.3 Å². The van der Waals surface area contributed by atoms with Gasteiger partial charge in [0.25, 0.3) is 0 Å². The van der Waals surface area contributed by atoms with Crippen molar-refractivity contribution in [3.63, 3.8) is 0 Å². The molecular weight excluding hydrogens is 264 g/mol. The monoisotopic (exact) mass is 288 g/mol. The minimum Gasteiger partial charge on any atom is -0.504 e. The first kappa shape index (κ1) is 13.4. The molecular formula is C18H24O3. The molecule has 5 atom stereocenters. The van der Waals surface area contributed by atoms with Crippen molar-refractivity contribution in [3.05, 3.63) is 23.3 Å². The second kappa shape index (κ2) is 4.39. The van der Waals surface area contributed by atoms with E-state index in [0.29, 0.717) is 17.8 Å². The van der Waals surface area contributed by atoms with E-state index in [1.54, 1.807) is 12.1 Å². The highest BCUT2D eigenvalue weighted by molar-refractivity contribution is 5.48. The van der Waals surface area contributed by atoms with Gasteiger partial charge in [-0.1, -0.05) is 6.92 Å². The molecule has 0 bridgehead atoms. The second-order valence-electron chi connectivity index (χ2n) is 7.59. The van der Waals surface area contributed by atoms with Crippen LogP contribution in [-0.4, -0.2) is 21.4 Å². The fourth-order valence-electron chi connectivity index (χ4n) is 5.57. The molecule has 114 valence electrons. The third kappa shape index (κ3) is 1.76. The summed E-state index contributed by atoms with van der Waals surface area (Å²) >= 11 is 0. The predicted octanol–water partition coefficient (Wildman–Crippen LogP) is 3.31. The van der Waals surface area contributed by atoms with E-state index in [9.17, 15) is 15.3 Å². The van der Waals surface area contributed by atoms with Gasteiger partial charge in [-0.05, 0) is 85.0 Å². The lowest BCUT2D eigenvalue weighted by Gasteiger charge is -2.50. The second-order valence-corrected chi connectivity index (χ2v) is 7.59. The summed E-state index contributed by atoms with van der Waals surface area (Å²) < 4.78 is 0. The van der Waals surface area contributed by atoms with Gasteiger partial charge in [0.05, 0.1) is 6.10 Å². The van der Waals surface area contributed by atoms with Crippen molar-refractivity contribution in [2.45, 2.75) is 57.5 Å². The quantitative estimate of drug-likeness (QED) is 0.642. The third-order valence-electron chi connectivity index (χ3n) is 6.77. The highest BCUT2D eigenvalue weighted by Gasteiger charge is 2.54. The Balaban J connectivity index is 1.73. The molecule has 3 aliphatic rings. The Morgan fingerprint density at radius 1 is 1.05 bits per heavy atom. The molecule has 0 spiro atoms. The van der Waals surface area contributed by atoms with Crippen LogP contribution in [0.2, 0.25) is 0 Å². The van der Waals surface area contributed by atoms with Gasteiger partial charge in [-0.15, -0.1) is 0 Å². The molecule has 0 aromatic heterocycles. The SMILES string of the molecule is C[C@]12CC[C@@H]3c4cc(O)c(O)cc4CC[C@H]3[C@@H]1CC[C@H]2O. The Morgan fingerprint density at radius 2 is 1.81 bits per heavy atom. The molecule has 3 heteroatoms. The van der Waals surface area contributed by atoms with E-state index >= 15 is 0 Å². The van der Waals surface area contributed by atoms with Gasteiger partial charge >= 0.3 is 0 Å². The Bertz CT molecular complexity index is 582. The van der Waals surface area contributed by atoms with Crippen molar-refractivity contribution >= 4 is 0 Å². The van der Waals surface area contributed by atoms with E-state index in [2.05, 4.69) is 6.92 Å². The molecule has 0 aliphatic heterocycles. The maximum absolute atomic E-state index is 10.4. The molecule has 21 heavy (non-hydrogen) atoms. The number of phenols is 2. The average Bonchev–Trinajstić information content (AvgIpc) is 2.76. The number of hydrogen-bond donors (Lipinski definition) is 3. The van der Waals surface area contributed by atoms with Crippen LogP contribution in [0, 0.1) is 17.3 Å². The van der Waals surface area contributed by atoms with Crippen molar-refractivity contribution in [1.29, 1.82) is 0 Å². The van der Waals surface area contributed by atoms with Gasteiger partial charge in [-0.2, -0.15) is 0 Å². The third-order valence-corrected chi connectivity index (χ3v) is 6.77. The van der Waals surface area contributed by atoms with Crippen molar-refractivity contribution in [3.8, 4) is 11.5 Å². The van der Waals surface area contributed by atoms with Crippen molar-refractivity contribution in [1.82, 2.24) is 0 Å². The number of rotatable bonds is 0. The molecule has 0 amide bonds. The number of benzene rings is 1. The van der Waals surface area contributed by atoms with Crippen LogP contribution in [0.25, 0.3) is 0 Å². The predicted molar refractivity (Wildman–Crippen MR) is 80.4 cm³/mol. The Hall–Kier alpha value is -1.22. The van der Waals surface area contributed by atoms with Crippen LogP contribution in [0.5, 0.6) is 11.5 Å². The van der Waals surface area contributed by atoms with Crippen LogP contribution in [0.3, 0.4) is 0 Å². The molecule has 0 saturated heterocycles. The number of aryl methyl sites for hydroxylation is 1. The van der Waals surface area contributed by atoms with Crippen LogP contribution in [0.1, 0.15) is 56.1 Å². The average molecular weight is 288 g/mol. The maximum atomic E-state index is 10.4. The van der Waals surface area contributed by atoms with Crippen molar-refractivity contribution in [2.75, 3.05) is 0 Å². The van der Waals surface area contributed by atoms with Gasteiger partial charge in [0.15, 0.2) is 11.5 Å². The molecule has 1 aromatic rings. The summed E-state index contributed by atoms with van der Waals surface area (Å²) in [5.74, 6) is 1.73. The normalized spacial score (nSPS) is 41.2. The van der Waals surface area contributed by atoms with E-state index in [1.807, 2.05) is 0 Å². The molecule has 3 nitrogen and oxygen atoms in total. The summed E-state index contributed by atoms with van der Waals surface area (Å²) in [5, 5.41) is 29.9. The molecule has 3 N–H and O–H groups in total. The first-order valence-electron chi connectivity index (χ1n) is 8.23. The van der Waals surface area contributed by atoms with Crippen LogP contribution in [0.15, 0.2) is 12.1 Å². The highest BCUT2D eigenvalue weighted by Crippen LogP contribution is 2.61. The number of aliphatic hydroxyl groups is 1. The molecule has 4 rings (SSSR count). The van der Waals surface area contributed by atoms with Crippen LogP contribution in [0.4, 0.5) is 0 Å². The smallest absolute Gasteiger partial charge is 0.157 e. The van der Waals surface area contributed by atoms with Gasteiger partial charge in [-0.25, -0.2) is 0 Å². The van der Waals surface area contributed by atoms with Gasteiger partial charge < -0.3 is 15.3 Å². The summed E-state index contributed by atoms with van der Waals surface area (Å²) in [6.45, 7) is 2.27. The lowest BCUT2D eigenvalue weighted by atomic mass is 9.55. The number of aliphatic hydroxyl groups excluding tert-OH is 1. The largest absolute Gasteiger partial charge is 0.504 e. The summed E-state index contributed by atoms with van der Waals surface area (Å²) in [5.41, 5.74) is 2.54. The molecule has 2 fully saturated rings. The zero-order chi connectivity index (χ0) is 14.8. The molecule has 0 radical (unpaired) electrons. The minimum atomic E-state index is -0.141. The van der Waals surface area contributed by atoms with Gasteiger partial charge in [0.1, 0.15) is 0 Å². The molecule has 3 aliphatic carbocycles.